The van der Waals surface area contributed by atoms with Crippen LogP contribution >= 0.6 is 12.4 Å². The Hall–Kier alpha value is -0.850. The van der Waals surface area contributed by atoms with Crippen molar-refractivity contribution in [3.63, 3.8) is 0 Å². The number of nitrogens with one attached hydrogen (secondary N) is 1. The van der Waals surface area contributed by atoms with E-state index >= 15 is 0 Å². The fraction of sp³-hybridized carbons (Fsp3) is 0.846. The molecule has 116 valence electrons. The molecule has 7 heteroatoms. The maximum absolute atomic E-state index is 12.2. The van der Waals surface area contributed by atoms with Crippen molar-refractivity contribution in [1.82, 2.24) is 10.2 Å². The normalized spacial score (nSPS) is 30.7. The summed E-state index contributed by atoms with van der Waals surface area (Å²) in [5.74, 6) is -0.310. The number of nitrogens with zero attached hydrogens (tertiary/aromatic N) is 1. The first-order valence-corrected chi connectivity index (χ1v) is 6.82. The summed E-state index contributed by atoms with van der Waals surface area (Å²) in [4.78, 5) is 26.0. The third-order valence-corrected chi connectivity index (χ3v) is 4.16. The summed E-state index contributed by atoms with van der Waals surface area (Å²) < 4.78 is 0. The van der Waals surface area contributed by atoms with Crippen LogP contribution < -0.4 is 11.1 Å². The number of aliphatic hydroxyl groups is 1. The number of halogens is 1. The van der Waals surface area contributed by atoms with E-state index in [-0.39, 0.29) is 30.8 Å². The molecular formula is C13H24ClN3O3. The first-order valence-electron chi connectivity index (χ1n) is 6.82. The van der Waals surface area contributed by atoms with Crippen LogP contribution in [0.2, 0.25) is 0 Å². The van der Waals surface area contributed by atoms with Crippen molar-refractivity contribution in [3.05, 3.63) is 0 Å². The average Bonchev–Trinajstić information content (AvgIpc) is 2.34. The van der Waals surface area contributed by atoms with E-state index in [9.17, 15) is 14.7 Å². The molecule has 0 aliphatic carbocycles. The third kappa shape index (κ3) is 2.92. The highest BCUT2D eigenvalue weighted by molar-refractivity contribution is 5.88. The summed E-state index contributed by atoms with van der Waals surface area (Å²) in [7, 11) is 0. The van der Waals surface area contributed by atoms with Crippen molar-refractivity contribution >= 4 is 24.2 Å². The molecule has 2 amide bonds. The van der Waals surface area contributed by atoms with Gasteiger partial charge in [-0.05, 0) is 33.1 Å². The lowest BCUT2D eigenvalue weighted by molar-refractivity contribution is -0.156. The summed E-state index contributed by atoms with van der Waals surface area (Å²) in [6, 6.07) is 0. The lowest BCUT2D eigenvalue weighted by atomic mass is 9.71. The standard InChI is InChI=1S/C13H23N3O3.ClH/c1-12(2,14)11(19)16-7-4-9(17)13(8-16)5-3-6-15-10(13)18;/h9,17H,3-8,14H2,1-2H3,(H,15,18);1H/t9-,13+;/m0./s1. The number of rotatable bonds is 1. The van der Waals surface area contributed by atoms with E-state index in [1.54, 1.807) is 18.7 Å². The molecule has 0 saturated carbocycles. The maximum Gasteiger partial charge on any atom is 0.242 e. The van der Waals surface area contributed by atoms with Gasteiger partial charge in [-0.25, -0.2) is 0 Å². The summed E-state index contributed by atoms with van der Waals surface area (Å²) in [5.41, 5.74) is 4.04. The van der Waals surface area contributed by atoms with E-state index in [0.29, 0.717) is 25.9 Å². The Morgan fingerprint density at radius 2 is 2.20 bits per heavy atom. The van der Waals surface area contributed by atoms with Crippen LogP contribution in [0.15, 0.2) is 0 Å². The zero-order chi connectivity index (χ0) is 14.3. The van der Waals surface area contributed by atoms with Crippen molar-refractivity contribution in [3.8, 4) is 0 Å². The quantitative estimate of drug-likeness (QED) is 0.616. The second-order valence-corrected chi connectivity index (χ2v) is 6.27. The largest absolute Gasteiger partial charge is 0.392 e. The van der Waals surface area contributed by atoms with E-state index in [0.717, 1.165) is 6.42 Å². The Balaban J connectivity index is 0.00000200. The van der Waals surface area contributed by atoms with Crippen molar-refractivity contribution < 1.29 is 14.7 Å². The van der Waals surface area contributed by atoms with Gasteiger partial charge in [0.15, 0.2) is 0 Å². The minimum atomic E-state index is -0.950. The average molecular weight is 306 g/mol. The topological polar surface area (TPSA) is 95.7 Å². The SMILES string of the molecule is CC(C)(N)C(=O)N1CC[C@H](O)[C@@]2(CCCNC2=O)C1.Cl. The number of hydrogen-bond acceptors (Lipinski definition) is 4. The number of carbonyl (C=O) groups excluding carboxylic acids is 2. The minimum Gasteiger partial charge on any atom is -0.392 e. The molecule has 2 heterocycles. The van der Waals surface area contributed by atoms with Gasteiger partial charge >= 0.3 is 0 Å². The molecule has 2 aliphatic heterocycles. The lowest BCUT2D eigenvalue weighted by Crippen LogP contribution is -2.64. The third-order valence-electron chi connectivity index (χ3n) is 4.16. The lowest BCUT2D eigenvalue weighted by Gasteiger charge is -2.47. The summed E-state index contributed by atoms with van der Waals surface area (Å²) in [6.45, 7) is 4.68. The minimum absolute atomic E-state index is 0. The molecule has 4 N–H and O–H groups in total. The van der Waals surface area contributed by atoms with Crippen LogP contribution in [0.5, 0.6) is 0 Å². The van der Waals surface area contributed by atoms with Gasteiger partial charge in [-0.2, -0.15) is 0 Å². The van der Waals surface area contributed by atoms with Crippen LogP contribution in [0.1, 0.15) is 33.1 Å². The van der Waals surface area contributed by atoms with Gasteiger partial charge in [-0.15, -0.1) is 12.4 Å². The van der Waals surface area contributed by atoms with Crippen molar-refractivity contribution in [2.75, 3.05) is 19.6 Å². The fourth-order valence-electron chi connectivity index (χ4n) is 3.02. The first kappa shape index (κ1) is 17.2. The van der Waals surface area contributed by atoms with E-state index in [1.807, 2.05) is 0 Å². The molecule has 2 aliphatic rings. The Bertz CT molecular complexity index is 397. The summed E-state index contributed by atoms with van der Waals surface area (Å²) >= 11 is 0. The predicted molar refractivity (Wildman–Crippen MR) is 77.4 cm³/mol. The predicted octanol–water partition coefficient (Wildman–Crippen LogP) is -0.365. The van der Waals surface area contributed by atoms with Crippen LogP contribution in [-0.2, 0) is 9.59 Å². The number of hydrogen-bond donors (Lipinski definition) is 3. The van der Waals surface area contributed by atoms with E-state index < -0.39 is 17.1 Å². The zero-order valence-corrected chi connectivity index (χ0v) is 12.8. The van der Waals surface area contributed by atoms with Gasteiger partial charge in [-0.1, -0.05) is 0 Å². The van der Waals surface area contributed by atoms with Crippen LogP contribution in [0, 0.1) is 5.41 Å². The number of piperidine rings is 2. The second-order valence-electron chi connectivity index (χ2n) is 6.27. The number of aliphatic hydroxyl groups excluding tert-OH is 1. The van der Waals surface area contributed by atoms with Gasteiger partial charge in [0.25, 0.3) is 0 Å². The number of amides is 2. The highest BCUT2D eigenvalue weighted by Gasteiger charge is 2.51. The Morgan fingerprint density at radius 3 is 2.75 bits per heavy atom. The molecule has 0 aromatic rings. The van der Waals surface area contributed by atoms with Crippen molar-refractivity contribution in [2.24, 2.45) is 11.1 Å². The number of nitrogens with two attached hydrogens (primary N) is 1. The summed E-state index contributed by atoms with van der Waals surface area (Å²) in [6.07, 6.45) is 1.19. The molecule has 0 unspecified atom stereocenters. The molecule has 2 rings (SSSR count). The van der Waals surface area contributed by atoms with Crippen molar-refractivity contribution in [2.45, 2.75) is 44.8 Å². The molecule has 6 nitrogen and oxygen atoms in total. The molecular weight excluding hydrogens is 282 g/mol. The van der Waals surface area contributed by atoms with Gasteiger partial charge in [0.05, 0.1) is 17.1 Å². The van der Waals surface area contributed by atoms with E-state index in [2.05, 4.69) is 5.32 Å². The van der Waals surface area contributed by atoms with Gasteiger partial charge in [0.1, 0.15) is 0 Å². The Labute approximate surface area is 125 Å². The summed E-state index contributed by atoms with van der Waals surface area (Å²) in [5, 5.41) is 13.0. The first-order chi connectivity index (χ1) is 8.77. The van der Waals surface area contributed by atoms with Gasteiger partial charge < -0.3 is 21.1 Å². The highest BCUT2D eigenvalue weighted by Crippen LogP contribution is 2.37. The molecule has 2 atom stereocenters. The molecule has 0 bridgehead atoms. The molecule has 20 heavy (non-hydrogen) atoms. The van der Waals surface area contributed by atoms with Gasteiger partial charge in [0, 0.05) is 19.6 Å². The van der Waals surface area contributed by atoms with Gasteiger partial charge in [0.2, 0.25) is 11.8 Å². The fourth-order valence-corrected chi connectivity index (χ4v) is 3.02. The highest BCUT2D eigenvalue weighted by atomic mass is 35.5. The van der Waals surface area contributed by atoms with Gasteiger partial charge in [-0.3, -0.25) is 9.59 Å². The Kier molecular flexibility index (Phi) is 5.05. The number of carbonyl (C=O) groups is 2. The maximum atomic E-state index is 12.2. The van der Waals surface area contributed by atoms with Crippen LogP contribution in [-0.4, -0.2) is 53.1 Å². The second kappa shape index (κ2) is 5.87. The molecule has 0 aromatic heterocycles. The van der Waals surface area contributed by atoms with Crippen molar-refractivity contribution in [1.29, 1.82) is 0 Å². The van der Waals surface area contributed by atoms with E-state index in [1.165, 1.54) is 0 Å². The Morgan fingerprint density at radius 1 is 1.55 bits per heavy atom. The molecule has 2 saturated heterocycles. The zero-order valence-electron chi connectivity index (χ0n) is 12.0. The molecule has 0 aromatic carbocycles. The number of likely N-dealkylation sites (tertiary alicyclic amines) is 1. The van der Waals surface area contributed by atoms with Crippen LogP contribution in [0.25, 0.3) is 0 Å². The smallest absolute Gasteiger partial charge is 0.242 e. The van der Waals surface area contributed by atoms with E-state index in [4.69, 9.17) is 5.73 Å². The molecule has 1 spiro atoms. The molecule has 2 fully saturated rings. The van der Waals surface area contributed by atoms with Crippen LogP contribution in [0.4, 0.5) is 0 Å². The molecule has 0 radical (unpaired) electrons. The monoisotopic (exact) mass is 305 g/mol. The van der Waals surface area contributed by atoms with Crippen LogP contribution in [0.3, 0.4) is 0 Å².